The van der Waals surface area contributed by atoms with Gasteiger partial charge in [0.25, 0.3) is 5.91 Å². The minimum absolute atomic E-state index is 0.0250. The molecule has 2 N–H and O–H groups in total. The van der Waals surface area contributed by atoms with Crippen LogP contribution in [0.5, 0.6) is 0 Å². The number of hydrogen-bond donors (Lipinski definition) is 2. The van der Waals surface area contributed by atoms with Crippen LogP contribution in [-0.2, 0) is 11.2 Å². The van der Waals surface area contributed by atoms with E-state index in [1.807, 2.05) is 12.1 Å². The van der Waals surface area contributed by atoms with E-state index in [1.165, 1.54) is 38.5 Å². The maximum absolute atomic E-state index is 12.4. The van der Waals surface area contributed by atoms with Gasteiger partial charge in [-0.05, 0) is 30.9 Å². The molecule has 5 nitrogen and oxygen atoms in total. The number of carboxylic acid groups (broad SMARTS) is 1. The first-order valence-electron chi connectivity index (χ1n) is 9.86. The molecule has 5 heteroatoms. The Hall–Kier alpha value is -1.88. The molecule has 0 bridgehead atoms. The van der Waals surface area contributed by atoms with Crippen LogP contribution in [-0.4, -0.2) is 33.8 Å². The van der Waals surface area contributed by atoms with Crippen molar-refractivity contribution in [3.8, 4) is 0 Å². The zero-order chi connectivity index (χ0) is 19.2. The fourth-order valence-corrected chi connectivity index (χ4v) is 3.02. The average molecular weight is 363 g/mol. The summed E-state index contributed by atoms with van der Waals surface area (Å²) in [5.41, 5.74) is 1.45. The molecule has 0 fully saturated rings. The van der Waals surface area contributed by atoms with Crippen LogP contribution in [0.1, 0.15) is 87.1 Å². The molecule has 1 aromatic rings. The third-order valence-corrected chi connectivity index (χ3v) is 4.54. The lowest BCUT2D eigenvalue weighted by atomic mass is 9.99. The van der Waals surface area contributed by atoms with Crippen molar-refractivity contribution in [3.05, 3.63) is 35.4 Å². The van der Waals surface area contributed by atoms with Crippen LogP contribution >= 0.6 is 0 Å². The Morgan fingerprint density at radius 2 is 1.54 bits per heavy atom. The van der Waals surface area contributed by atoms with Gasteiger partial charge < -0.3 is 5.11 Å². The minimum Gasteiger partial charge on any atom is -0.481 e. The third kappa shape index (κ3) is 8.99. The van der Waals surface area contributed by atoms with Crippen molar-refractivity contribution in [1.29, 1.82) is 0 Å². The van der Waals surface area contributed by atoms with Crippen molar-refractivity contribution >= 4 is 11.9 Å². The van der Waals surface area contributed by atoms with E-state index in [0.717, 1.165) is 24.8 Å². The zero-order valence-corrected chi connectivity index (χ0v) is 16.0. The van der Waals surface area contributed by atoms with Gasteiger partial charge in [0.1, 0.15) is 0 Å². The molecule has 146 valence electrons. The molecule has 0 aromatic heterocycles. The highest BCUT2D eigenvalue weighted by atomic mass is 16.5. The SMILES string of the molecule is CCCCCCCCCCc1ccccc1C(=O)N(O)CCCC(=O)O. The number of nitrogens with zero attached hydrogens (tertiary/aromatic N) is 1. The number of benzene rings is 1. The fraction of sp³-hybridized carbons (Fsp3) is 0.619. The Bertz CT molecular complexity index is 545. The van der Waals surface area contributed by atoms with Crippen molar-refractivity contribution in [2.24, 2.45) is 0 Å². The van der Waals surface area contributed by atoms with Crippen molar-refractivity contribution in [2.45, 2.75) is 77.6 Å². The highest BCUT2D eigenvalue weighted by molar-refractivity contribution is 5.94. The molecule has 0 aliphatic carbocycles. The summed E-state index contributed by atoms with van der Waals surface area (Å²) in [5.74, 6) is -1.38. The number of hydroxylamine groups is 2. The summed E-state index contributed by atoms with van der Waals surface area (Å²) in [7, 11) is 0. The molecule has 26 heavy (non-hydrogen) atoms. The number of unbranched alkanes of at least 4 members (excludes halogenated alkanes) is 7. The van der Waals surface area contributed by atoms with Gasteiger partial charge in [0.05, 0.1) is 0 Å². The van der Waals surface area contributed by atoms with E-state index in [0.29, 0.717) is 10.6 Å². The van der Waals surface area contributed by atoms with Crippen LogP contribution < -0.4 is 0 Å². The molecule has 0 atom stereocenters. The van der Waals surface area contributed by atoms with Gasteiger partial charge in [0.15, 0.2) is 0 Å². The van der Waals surface area contributed by atoms with Gasteiger partial charge in [-0.25, -0.2) is 5.06 Å². The second kappa shape index (κ2) is 13.3. The van der Waals surface area contributed by atoms with Crippen molar-refractivity contribution < 1.29 is 19.9 Å². The van der Waals surface area contributed by atoms with E-state index < -0.39 is 11.9 Å². The van der Waals surface area contributed by atoms with Gasteiger partial charge in [-0.15, -0.1) is 0 Å². The second-order valence-electron chi connectivity index (χ2n) is 6.81. The first-order chi connectivity index (χ1) is 12.6. The molecule has 0 saturated heterocycles. The average Bonchev–Trinajstić information content (AvgIpc) is 2.63. The number of carboxylic acids is 1. The van der Waals surface area contributed by atoms with Gasteiger partial charge in [-0.1, -0.05) is 70.1 Å². The van der Waals surface area contributed by atoms with Crippen molar-refractivity contribution in [2.75, 3.05) is 6.54 Å². The van der Waals surface area contributed by atoms with Gasteiger partial charge in [0.2, 0.25) is 0 Å². The summed E-state index contributed by atoms with van der Waals surface area (Å²) in [4.78, 5) is 22.9. The lowest BCUT2D eigenvalue weighted by Gasteiger charge is -2.16. The third-order valence-electron chi connectivity index (χ3n) is 4.54. The number of aliphatic carboxylic acids is 1. The Morgan fingerprint density at radius 1 is 0.923 bits per heavy atom. The lowest BCUT2D eigenvalue weighted by molar-refractivity contribution is -0.137. The predicted molar refractivity (Wildman–Crippen MR) is 102 cm³/mol. The van der Waals surface area contributed by atoms with Crippen molar-refractivity contribution in [1.82, 2.24) is 5.06 Å². The number of carbonyl (C=O) groups excluding carboxylic acids is 1. The summed E-state index contributed by atoms with van der Waals surface area (Å²) >= 11 is 0. The topological polar surface area (TPSA) is 77.8 Å². The van der Waals surface area contributed by atoms with Gasteiger partial charge in [-0.3, -0.25) is 14.8 Å². The molecule has 0 spiro atoms. The molecule has 1 rings (SSSR count). The van der Waals surface area contributed by atoms with E-state index >= 15 is 0 Å². The smallest absolute Gasteiger partial charge is 0.303 e. The molecular formula is C21H33NO4. The molecular weight excluding hydrogens is 330 g/mol. The first-order valence-corrected chi connectivity index (χ1v) is 9.86. The predicted octanol–water partition coefficient (Wildman–Crippen LogP) is 5.07. The van der Waals surface area contributed by atoms with Crippen LogP contribution in [0, 0.1) is 0 Å². The summed E-state index contributed by atoms with van der Waals surface area (Å²) < 4.78 is 0. The number of rotatable bonds is 14. The standard InChI is InChI=1S/C21H33NO4/c1-2-3-4-5-6-7-8-9-13-18-14-10-11-15-19(18)21(25)22(26)17-12-16-20(23)24/h10-11,14-15,26H,2-9,12-13,16-17H2,1H3,(H,23,24). The molecule has 1 amide bonds. The normalized spacial score (nSPS) is 10.7. The van der Waals surface area contributed by atoms with Gasteiger partial charge in [0, 0.05) is 18.5 Å². The monoisotopic (exact) mass is 363 g/mol. The Morgan fingerprint density at radius 3 is 2.19 bits per heavy atom. The van der Waals surface area contributed by atoms with E-state index in [9.17, 15) is 14.8 Å². The van der Waals surface area contributed by atoms with Crippen LogP contribution in [0.25, 0.3) is 0 Å². The maximum Gasteiger partial charge on any atom is 0.303 e. The Balaban J connectivity index is 2.41. The molecule has 0 saturated carbocycles. The first kappa shape index (κ1) is 22.2. The molecule has 0 aliphatic rings. The van der Waals surface area contributed by atoms with Crippen LogP contribution in [0.2, 0.25) is 0 Å². The molecule has 0 radical (unpaired) electrons. The summed E-state index contributed by atoms with van der Waals surface area (Å²) in [5, 5.41) is 19.2. The quantitative estimate of drug-likeness (QED) is 0.275. The van der Waals surface area contributed by atoms with E-state index in [-0.39, 0.29) is 19.4 Å². The highest BCUT2D eigenvalue weighted by Crippen LogP contribution is 2.16. The van der Waals surface area contributed by atoms with Crippen LogP contribution in [0.15, 0.2) is 24.3 Å². The van der Waals surface area contributed by atoms with E-state index in [2.05, 4.69) is 6.92 Å². The number of amides is 1. The maximum atomic E-state index is 12.4. The fourth-order valence-electron chi connectivity index (χ4n) is 3.02. The molecule has 0 heterocycles. The van der Waals surface area contributed by atoms with Gasteiger partial charge in [-0.2, -0.15) is 0 Å². The van der Waals surface area contributed by atoms with E-state index in [4.69, 9.17) is 5.11 Å². The highest BCUT2D eigenvalue weighted by Gasteiger charge is 2.17. The molecule has 0 aliphatic heterocycles. The lowest BCUT2D eigenvalue weighted by Crippen LogP contribution is -2.29. The summed E-state index contributed by atoms with van der Waals surface area (Å²) in [6, 6.07) is 7.35. The molecule has 0 unspecified atom stereocenters. The largest absolute Gasteiger partial charge is 0.481 e. The number of aryl methyl sites for hydroxylation is 1. The van der Waals surface area contributed by atoms with Crippen LogP contribution in [0.3, 0.4) is 0 Å². The summed E-state index contributed by atoms with van der Waals surface area (Å²) in [6.45, 7) is 2.25. The Kier molecular flexibility index (Phi) is 11.4. The van der Waals surface area contributed by atoms with E-state index in [1.54, 1.807) is 12.1 Å². The van der Waals surface area contributed by atoms with Gasteiger partial charge >= 0.3 is 5.97 Å². The minimum atomic E-state index is -0.930. The second-order valence-corrected chi connectivity index (χ2v) is 6.81. The zero-order valence-electron chi connectivity index (χ0n) is 16.0. The number of carbonyl (C=O) groups is 2. The molecule has 1 aromatic carbocycles. The van der Waals surface area contributed by atoms with Crippen molar-refractivity contribution in [3.63, 3.8) is 0 Å². The number of hydrogen-bond acceptors (Lipinski definition) is 3. The summed E-state index contributed by atoms with van der Waals surface area (Å²) in [6.07, 6.45) is 10.9. The Labute approximate surface area is 157 Å². The van der Waals surface area contributed by atoms with Crippen LogP contribution in [0.4, 0.5) is 0 Å².